The molecule has 1 aliphatic carbocycles. The van der Waals surface area contributed by atoms with Crippen molar-refractivity contribution < 1.29 is 19.0 Å². The zero-order valence-electron chi connectivity index (χ0n) is 15.3. The maximum Gasteiger partial charge on any atom is 0.251 e. The summed E-state index contributed by atoms with van der Waals surface area (Å²) in [7, 11) is 1.63. The van der Waals surface area contributed by atoms with E-state index < -0.39 is 0 Å². The molecule has 0 aromatic heterocycles. The summed E-state index contributed by atoms with van der Waals surface area (Å²) in [6.07, 6.45) is 1.24. The first kappa shape index (κ1) is 18.7. The SMILES string of the molecule is COCCOc1cccc(C(=O)N[C@@H]2C[C@@H](OC(C)C)C2(C)C)c1. The van der Waals surface area contributed by atoms with Crippen LogP contribution in [0.1, 0.15) is 44.5 Å². The molecule has 1 fully saturated rings. The predicted molar refractivity (Wildman–Crippen MR) is 93.5 cm³/mol. The third-order valence-electron chi connectivity index (χ3n) is 4.57. The zero-order valence-corrected chi connectivity index (χ0v) is 15.3. The minimum atomic E-state index is -0.0757. The van der Waals surface area contributed by atoms with Crippen molar-refractivity contribution in [3.05, 3.63) is 29.8 Å². The van der Waals surface area contributed by atoms with Crippen LogP contribution in [0.5, 0.6) is 5.75 Å². The number of carbonyl (C=O) groups is 1. The first-order valence-corrected chi connectivity index (χ1v) is 8.52. The van der Waals surface area contributed by atoms with E-state index in [-0.39, 0.29) is 29.6 Å². The summed E-state index contributed by atoms with van der Waals surface area (Å²) >= 11 is 0. The van der Waals surface area contributed by atoms with Crippen LogP contribution in [-0.2, 0) is 9.47 Å². The highest BCUT2D eigenvalue weighted by Crippen LogP contribution is 2.43. The largest absolute Gasteiger partial charge is 0.491 e. The molecule has 2 atom stereocenters. The van der Waals surface area contributed by atoms with E-state index in [1.54, 1.807) is 19.2 Å². The van der Waals surface area contributed by atoms with Gasteiger partial charge in [-0.3, -0.25) is 4.79 Å². The van der Waals surface area contributed by atoms with Gasteiger partial charge in [0.15, 0.2) is 0 Å². The summed E-state index contributed by atoms with van der Waals surface area (Å²) in [6.45, 7) is 9.33. The smallest absolute Gasteiger partial charge is 0.251 e. The summed E-state index contributed by atoms with van der Waals surface area (Å²) in [5.74, 6) is 0.599. The van der Waals surface area contributed by atoms with Gasteiger partial charge >= 0.3 is 0 Å². The summed E-state index contributed by atoms with van der Waals surface area (Å²) in [5, 5.41) is 3.12. The van der Waals surface area contributed by atoms with Gasteiger partial charge in [-0.15, -0.1) is 0 Å². The van der Waals surface area contributed by atoms with Gasteiger partial charge in [0.1, 0.15) is 12.4 Å². The van der Waals surface area contributed by atoms with E-state index in [4.69, 9.17) is 14.2 Å². The van der Waals surface area contributed by atoms with Crippen molar-refractivity contribution >= 4 is 5.91 Å². The number of nitrogens with one attached hydrogen (secondary N) is 1. The lowest BCUT2D eigenvalue weighted by Gasteiger charge is -2.52. The van der Waals surface area contributed by atoms with Crippen LogP contribution < -0.4 is 10.1 Å². The molecule has 1 aliphatic rings. The monoisotopic (exact) mass is 335 g/mol. The zero-order chi connectivity index (χ0) is 17.7. The van der Waals surface area contributed by atoms with Gasteiger partial charge in [0.25, 0.3) is 5.91 Å². The van der Waals surface area contributed by atoms with Crippen LogP contribution in [0, 0.1) is 5.41 Å². The molecular weight excluding hydrogens is 306 g/mol. The molecule has 1 N–H and O–H groups in total. The number of rotatable bonds is 8. The van der Waals surface area contributed by atoms with Gasteiger partial charge in [0.05, 0.1) is 18.8 Å². The first-order valence-electron chi connectivity index (χ1n) is 8.52. The molecule has 5 nitrogen and oxygen atoms in total. The lowest BCUT2D eigenvalue weighted by Crippen LogP contribution is -2.62. The van der Waals surface area contributed by atoms with E-state index >= 15 is 0 Å². The first-order chi connectivity index (χ1) is 11.3. The van der Waals surface area contributed by atoms with Crippen LogP contribution in [-0.4, -0.2) is 44.5 Å². The van der Waals surface area contributed by atoms with Crippen molar-refractivity contribution in [2.45, 2.75) is 52.4 Å². The molecule has 0 radical (unpaired) electrons. The van der Waals surface area contributed by atoms with Crippen molar-refractivity contribution in [1.82, 2.24) is 5.32 Å². The van der Waals surface area contributed by atoms with E-state index in [0.29, 0.717) is 24.5 Å². The van der Waals surface area contributed by atoms with E-state index in [1.807, 2.05) is 26.0 Å². The Labute approximate surface area is 144 Å². The normalized spacial score (nSPS) is 22.1. The molecule has 1 aromatic carbocycles. The van der Waals surface area contributed by atoms with Crippen LogP contribution in [0.25, 0.3) is 0 Å². The predicted octanol–water partition coefficient (Wildman–Crippen LogP) is 3.03. The van der Waals surface area contributed by atoms with Gasteiger partial charge in [-0.1, -0.05) is 19.9 Å². The van der Waals surface area contributed by atoms with Gasteiger partial charge in [-0.2, -0.15) is 0 Å². The fourth-order valence-corrected chi connectivity index (χ4v) is 2.90. The Kier molecular flexibility index (Phi) is 6.24. The number of amides is 1. The molecule has 0 bridgehead atoms. The molecule has 0 heterocycles. The van der Waals surface area contributed by atoms with E-state index in [1.165, 1.54) is 0 Å². The summed E-state index contributed by atoms with van der Waals surface area (Å²) in [6, 6.07) is 7.34. The second-order valence-electron chi connectivity index (χ2n) is 7.13. The van der Waals surface area contributed by atoms with Gasteiger partial charge in [-0.05, 0) is 38.5 Å². The molecule has 134 valence electrons. The standard InChI is InChI=1S/C19H29NO4/c1-13(2)24-17-12-16(19(17,3)4)20-18(21)14-7-6-8-15(11-14)23-10-9-22-5/h6-8,11,13,16-17H,9-10,12H2,1-5H3,(H,20,21)/t16-,17-/m1/s1. The number of methoxy groups -OCH3 is 1. The number of hydrogen-bond donors (Lipinski definition) is 1. The second kappa shape index (κ2) is 7.99. The number of carbonyl (C=O) groups excluding carboxylic acids is 1. The Hall–Kier alpha value is -1.59. The Balaban J connectivity index is 1.92. The van der Waals surface area contributed by atoms with Gasteiger partial charge in [0, 0.05) is 24.1 Å². The minimum Gasteiger partial charge on any atom is -0.491 e. The van der Waals surface area contributed by atoms with E-state index in [0.717, 1.165) is 6.42 Å². The Morgan fingerprint density at radius 1 is 1.33 bits per heavy atom. The topological polar surface area (TPSA) is 56.8 Å². The second-order valence-corrected chi connectivity index (χ2v) is 7.13. The lowest BCUT2D eigenvalue weighted by atomic mass is 9.64. The van der Waals surface area contributed by atoms with Crippen LogP contribution in [0.2, 0.25) is 0 Å². The van der Waals surface area contributed by atoms with Crippen LogP contribution >= 0.6 is 0 Å². The minimum absolute atomic E-state index is 0.0630. The quantitative estimate of drug-likeness (QED) is 0.742. The van der Waals surface area contributed by atoms with Crippen molar-refractivity contribution in [2.75, 3.05) is 20.3 Å². The molecule has 0 spiro atoms. The fraction of sp³-hybridized carbons (Fsp3) is 0.632. The molecule has 1 saturated carbocycles. The summed E-state index contributed by atoms with van der Waals surface area (Å²) in [4.78, 5) is 12.5. The van der Waals surface area contributed by atoms with Crippen molar-refractivity contribution in [3.63, 3.8) is 0 Å². The van der Waals surface area contributed by atoms with E-state index in [9.17, 15) is 4.79 Å². The van der Waals surface area contributed by atoms with Crippen LogP contribution in [0.3, 0.4) is 0 Å². The van der Waals surface area contributed by atoms with Crippen molar-refractivity contribution in [2.24, 2.45) is 5.41 Å². The molecule has 2 rings (SSSR count). The lowest BCUT2D eigenvalue weighted by molar-refractivity contribution is -0.136. The summed E-state index contributed by atoms with van der Waals surface area (Å²) < 4.78 is 16.4. The van der Waals surface area contributed by atoms with Gasteiger partial charge in [-0.25, -0.2) is 0 Å². The molecule has 1 aromatic rings. The number of hydrogen-bond acceptors (Lipinski definition) is 4. The molecule has 1 amide bonds. The molecule has 0 saturated heterocycles. The third-order valence-corrected chi connectivity index (χ3v) is 4.57. The van der Waals surface area contributed by atoms with Crippen molar-refractivity contribution in [1.29, 1.82) is 0 Å². The maximum atomic E-state index is 12.5. The molecule has 5 heteroatoms. The highest BCUT2D eigenvalue weighted by molar-refractivity contribution is 5.94. The number of benzene rings is 1. The van der Waals surface area contributed by atoms with E-state index in [2.05, 4.69) is 19.2 Å². The van der Waals surface area contributed by atoms with Crippen LogP contribution in [0.15, 0.2) is 24.3 Å². The molecule has 0 aliphatic heterocycles. The Bertz CT molecular complexity index is 556. The summed E-state index contributed by atoms with van der Waals surface area (Å²) in [5.41, 5.74) is 0.543. The highest BCUT2D eigenvalue weighted by atomic mass is 16.5. The van der Waals surface area contributed by atoms with Gasteiger partial charge in [0.2, 0.25) is 0 Å². The fourth-order valence-electron chi connectivity index (χ4n) is 2.90. The van der Waals surface area contributed by atoms with Crippen molar-refractivity contribution in [3.8, 4) is 5.75 Å². The average molecular weight is 335 g/mol. The maximum absolute atomic E-state index is 12.5. The molecule has 0 unspecified atom stereocenters. The Morgan fingerprint density at radius 2 is 2.08 bits per heavy atom. The molecular formula is C19H29NO4. The molecule has 24 heavy (non-hydrogen) atoms. The number of ether oxygens (including phenoxy) is 3. The Morgan fingerprint density at radius 3 is 2.71 bits per heavy atom. The third kappa shape index (κ3) is 4.48. The highest BCUT2D eigenvalue weighted by Gasteiger charge is 2.50. The van der Waals surface area contributed by atoms with Gasteiger partial charge < -0.3 is 19.5 Å². The average Bonchev–Trinajstić information content (AvgIpc) is 2.54. The van der Waals surface area contributed by atoms with Crippen LogP contribution in [0.4, 0.5) is 0 Å².